The van der Waals surface area contributed by atoms with Crippen molar-refractivity contribution >= 4 is 34.2 Å². The lowest BCUT2D eigenvalue weighted by molar-refractivity contribution is -0.153. The van der Waals surface area contributed by atoms with Crippen LogP contribution in [0.15, 0.2) is 24.3 Å². The molecule has 1 unspecified atom stereocenters. The molecule has 1 aliphatic rings. The van der Waals surface area contributed by atoms with E-state index in [9.17, 15) is 27.6 Å². The number of nitrogens with one attached hydrogen (secondary N) is 1. The van der Waals surface area contributed by atoms with Crippen molar-refractivity contribution in [1.82, 2.24) is 15.1 Å². The van der Waals surface area contributed by atoms with E-state index < -0.39 is 40.2 Å². The molecule has 152 valence electrons. The molecule has 1 aliphatic heterocycles. The van der Waals surface area contributed by atoms with E-state index in [0.717, 1.165) is 12.1 Å². The lowest BCUT2D eigenvalue weighted by atomic mass is 10.1. The minimum Gasteiger partial charge on any atom is -0.368 e. The largest absolute Gasteiger partial charge is 0.446 e. The van der Waals surface area contributed by atoms with E-state index in [4.69, 9.17) is 10.3 Å². The van der Waals surface area contributed by atoms with Crippen LogP contribution in [0.1, 0.15) is 18.5 Å². The summed E-state index contributed by atoms with van der Waals surface area (Å²) in [6, 6.07) is 2.38. The van der Waals surface area contributed by atoms with Gasteiger partial charge in [-0.25, -0.2) is 4.79 Å². The Labute approximate surface area is 160 Å². The van der Waals surface area contributed by atoms with E-state index in [0.29, 0.717) is 11.4 Å². The lowest BCUT2D eigenvalue weighted by Crippen LogP contribution is -2.58. The van der Waals surface area contributed by atoms with Gasteiger partial charge in [0.25, 0.3) is 0 Å². The maximum Gasteiger partial charge on any atom is 0.446 e. The van der Waals surface area contributed by atoms with E-state index in [-0.39, 0.29) is 24.4 Å². The van der Waals surface area contributed by atoms with Crippen LogP contribution in [0.3, 0.4) is 0 Å². The first kappa shape index (κ1) is 21.1. The van der Waals surface area contributed by atoms with Crippen LogP contribution in [0, 0.1) is 0 Å². The quantitative estimate of drug-likeness (QED) is 0.384. The number of hydrogen-bond acceptors (Lipinski definition) is 7. The van der Waals surface area contributed by atoms with Gasteiger partial charge < -0.3 is 20.1 Å². The zero-order valence-corrected chi connectivity index (χ0v) is 15.5. The fourth-order valence-electron chi connectivity index (χ4n) is 2.53. The molecule has 1 fully saturated rings. The second-order valence-corrected chi connectivity index (χ2v) is 6.73. The minimum absolute atomic E-state index is 0.0448. The number of carbonyl (C=O) groups is 4. The number of piperazine rings is 1. The minimum atomic E-state index is -4.72. The monoisotopic (exact) mass is 414 g/mol. The molecular formula is C15H18N4O8S. The topological polar surface area (TPSA) is 176 Å². The number of likely N-dealkylation sites (N-methyl/N-ethyl adjacent to an activating group) is 1. The maximum absolute atomic E-state index is 12.4. The van der Waals surface area contributed by atoms with Crippen LogP contribution in [0.25, 0.3) is 0 Å². The molecule has 1 heterocycles. The highest BCUT2D eigenvalue weighted by Gasteiger charge is 2.36. The molecule has 13 heteroatoms. The molecule has 5 amide bonds. The molecule has 4 N–H and O–H groups in total. The van der Waals surface area contributed by atoms with Crippen LogP contribution in [0.2, 0.25) is 0 Å². The van der Waals surface area contributed by atoms with E-state index in [1.807, 2.05) is 0 Å². The Balaban J connectivity index is 2.15. The highest BCUT2D eigenvalue weighted by Crippen LogP contribution is 2.19. The van der Waals surface area contributed by atoms with Gasteiger partial charge in [0.05, 0.1) is 0 Å². The zero-order valence-electron chi connectivity index (χ0n) is 14.7. The van der Waals surface area contributed by atoms with Gasteiger partial charge in [-0.15, -0.1) is 0 Å². The van der Waals surface area contributed by atoms with E-state index in [2.05, 4.69) is 9.50 Å². The molecule has 0 aliphatic carbocycles. The Morgan fingerprint density at radius 1 is 1.21 bits per heavy atom. The first-order chi connectivity index (χ1) is 13.0. The third-order valence-electron chi connectivity index (χ3n) is 3.90. The Bertz CT molecular complexity index is 899. The summed E-state index contributed by atoms with van der Waals surface area (Å²) >= 11 is 0. The first-order valence-electron chi connectivity index (χ1n) is 8.01. The summed E-state index contributed by atoms with van der Waals surface area (Å²) in [5.41, 5.74) is 5.45. The molecular weight excluding hydrogens is 396 g/mol. The molecule has 0 spiro atoms. The molecule has 0 bridgehead atoms. The average Bonchev–Trinajstić information content (AvgIpc) is 2.61. The number of nitrogens with zero attached hydrogens (tertiary/aromatic N) is 2. The van der Waals surface area contributed by atoms with Gasteiger partial charge in [-0.1, -0.05) is 12.1 Å². The maximum atomic E-state index is 12.4. The summed E-state index contributed by atoms with van der Waals surface area (Å²) in [5, 5.41) is 2.27. The van der Waals surface area contributed by atoms with Crippen molar-refractivity contribution in [2.24, 2.45) is 5.73 Å². The van der Waals surface area contributed by atoms with E-state index >= 15 is 0 Å². The van der Waals surface area contributed by atoms with Crippen LogP contribution in [-0.2, 0) is 24.8 Å². The van der Waals surface area contributed by atoms with Crippen molar-refractivity contribution in [1.29, 1.82) is 0 Å². The molecule has 1 aromatic rings. The predicted molar refractivity (Wildman–Crippen MR) is 93.1 cm³/mol. The lowest BCUT2D eigenvalue weighted by Gasteiger charge is -2.32. The first-order valence-corrected chi connectivity index (χ1v) is 9.37. The SMILES string of the molecule is CCN1CCN(C(=O)NC(C(N)=O)c2ccc(OS(=O)(=O)O)cc2)C(=O)C1=O. The number of amides is 5. The predicted octanol–water partition coefficient (Wildman–Crippen LogP) is -1.21. The zero-order chi connectivity index (χ0) is 21.1. The summed E-state index contributed by atoms with van der Waals surface area (Å²) in [6.45, 7) is 2.13. The van der Waals surface area contributed by atoms with Crippen molar-refractivity contribution in [2.75, 3.05) is 19.6 Å². The smallest absolute Gasteiger partial charge is 0.368 e. The van der Waals surface area contributed by atoms with Crippen LogP contribution in [0.5, 0.6) is 5.75 Å². The summed E-state index contributed by atoms with van der Waals surface area (Å²) in [5.74, 6) is -3.04. The molecule has 0 radical (unpaired) electrons. The number of urea groups is 1. The summed E-state index contributed by atoms with van der Waals surface area (Å²) in [6.07, 6.45) is 0. The Morgan fingerprint density at radius 3 is 2.32 bits per heavy atom. The Hall–Kier alpha value is -3.19. The molecule has 0 saturated carbocycles. The fourth-order valence-corrected chi connectivity index (χ4v) is 2.88. The van der Waals surface area contributed by atoms with E-state index in [1.165, 1.54) is 17.0 Å². The standard InChI is InChI=1S/C15H18N4O8S/c1-2-18-7-8-19(14(22)13(18)21)15(23)17-11(12(16)20)9-3-5-10(6-4-9)27-28(24,25)26/h3-6,11H,2,7-8H2,1H3,(H2,16,20)(H,17,23)(H,24,25,26). The number of benzene rings is 1. The van der Waals surface area contributed by atoms with E-state index in [1.54, 1.807) is 6.92 Å². The van der Waals surface area contributed by atoms with Gasteiger partial charge in [0.2, 0.25) is 5.91 Å². The third kappa shape index (κ3) is 4.95. The number of hydrogen-bond donors (Lipinski definition) is 3. The van der Waals surface area contributed by atoms with Crippen LogP contribution < -0.4 is 15.2 Å². The Morgan fingerprint density at radius 2 is 1.82 bits per heavy atom. The number of rotatable bonds is 6. The molecule has 28 heavy (non-hydrogen) atoms. The molecule has 1 aromatic carbocycles. The molecule has 0 aromatic heterocycles. The van der Waals surface area contributed by atoms with Crippen molar-refractivity contribution < 1.29 is 36.3 Å². The average molecular weight is 414 g/mol. The fraction of sp³-hybridized carbons (Fsp3) is 0.333. The van der Waals surface area contributed by atoms with Crippen molar-refractivity contribution in [3.8, 4) is 5.75 Å². The number of imide groups is 1. The van der Waals surface area contributed by atoms with Gasteiger partial charge in [0, 0.05) is 19.6 Å². The van der Waals surface area contributed by atoms with Crippen LogP contribution in [0.4, 0.5) is 4.79 Å². The molecule has 12 nitrogen and oxygen atoms in total. The third-order valence-corrected chi connectivity index (χ3v) is 4.31. The molecule has 1 saturated heterocycles. The van der Waals surface area contributed by atoms with Gasteiger partial charge in [-0.2, -0.15) is 8.42 Å². The van der Waals surface area contributed by atoms with Gasteiger partial charge in [-0.3, -0.25) is 23.8 Å². The number of primary amides is 1. The normalized spacial score (nSPS) is 15.9. The second kappa shape index (κ2) is 8.22. The summed E-state index contributed by atoms with van der Waals surface area (Å²) < 4.78 is 34.3. The van der Waals surface area contributed by atoms with Crippen LogP contribution in [-0.4, -0.2) is 66.2 Å². The number of nitrogens with two attached hydrogens (primary N) is 1. The second-order valence-electron chi connectivity index (χ2n) is 5.71. The van der Waals surface area contributed by atoms with Crippen molar-refractivity contribution in [3.05, 3.63) is 29.8 Å². The van der Waals surface area contributed by atoms with Crippen LogP contribution >= 0.6 is 0 Å². The van der Waals surface area contributed by atoms with Gasteiger partial charge in [0.1, 0.15) is 11.8 Å². The summed E-state index contributed by atoms with van der Waals surface area (Å²) in [4.78, 5) is 50.0. The molecule has 1 atom stereocenters. The highest BCUT2D eigenvalue weighted by atomic mass is 32.3. The summed E-state index contributed by atoms with van der Waals surface area (Å²) in [7, 11) is -4.72. The number of carbonyl (C=O) groups excluding carboxylic acids is 4. The Kier molecular flexibility index (Phi) is 6.20. The van der Waals surface area contributed by atoms with Gasteiger partial charge in [0.15, 0.2) is 0 Å². The van der Waals surface area contributed by atoms with Gasteiger partial charge in [-0.05, 0) is 24.6 Å². The molecule has 2 rings (SSSR count). The van der Waals surface area contributed by atoms with Gasteiger partial charge >= 0.3 is 28.2 Å². The highest BCUT2D eigenvalue weighted by molar-refractivity contribution is 7.81. The van der Waals surface area contributed by atoms with Crippen molar-refractivity contribution in [2.45, 2.75) is 13.0 Å². The van der Waals surface area contributed by atoms with Crippen molar-refractivity contribution in [3.63, 3.8) is 0 Å².